The highest BCUT2D eigenvalue weighted by molar-refractivity contribution is 6.42. The molecule has 0 atom stereocenters. The lowest BCUT2D eigenvalue weighted by molar-refractivity contribution is 0.0682. The third-order valence-electron chi connectivity index (χ3n) is 3.50. The first-order chi connectivity index (χ1) is 11.9. The van der Waals surface area contributed by atoms with E-state index in [9.17, 15) is 14.7 Å². The number of carboxylic acids is 2. The maximum atomic E-state index is 11.3. The lowest BCUT2D eigenvalue weighted by Gasteiger charge is -2.09. The summed E-state index contributed by atoms with van der Waals surface area (Å²) in [6, 6.07) is 12.2. The van der Waals surface area contributed by atoms with Crippen LogP contribution in [0.2, 0.25) is 10.0 Å². The average Bonchev–Trinajstić information content (AvgIpc) is 3.03. The van der Waals surface area contributed by atoms with Crippen molar-refractivity contribution < 1.29 is 19.8 Å². The van der Waals surface area contributed by atoms with Crippen LogP contribution in [0.1, 0.15) is 20.8 Å². The van der Waals surface area contributed by atoms with Gasteiger partial charge in [0.2, 0.25) is 0 Å². The van der Waals surface area contributed by atoms with E-state index in [-0.39, 0.29) is 11.3 Å². The van der Waals surface area contributed by atoms with Gasteiger partial charge in [-0.05, 0) is 36.4 Å². The van der Waals surface area contributed by atoms with E-state index in [1.807, 2.05) is 0 Å². The Morgan fingerprint density at radius 1 is 0.880 bits per heavy atom. The Hall–Kier alpha value is -2.83. The van der Waals surface area contributed by atoms with Gasteiger partial charge in [-0.3, -0.25) is 0 Å². The highest BCUT2D eigenvalue weighted by Gasteiger charge is 2.17. The monoisotopic (exact) mass is 376 g/mol. The largest absolute Gasteiger partial charge is 0.478 e. The minimum absolute atomic E-state index is 0.128. The van der Waals surface area contributed by atoms with Gasteiger partial charge in [0, 0.05) is 5.56 Å². The van der Waals surface area contributed by atoms with E-state index >= 15 is 0 Å². The summed E-state index contributed by atoms with van der Waals surface area (Å²) in [6.07, 6.45) is 0. The van der Waals surface area contributed by atoms with Gasteiger partial charge < -0.3 is 10.2 Å². The Labute approximate surface area is 151 Å². The van der Waals surface area contributed by atoms with Gasteiger partial charge in [-0.1, -0.05) is 35.3 Å². The molecule has 0 unspecified atom stereocenters. The summed E-state index contributed by atoms with van der Waals surface area (Å²) in [5.74, 6) is -2.22. The van der Waals surface area contributed by atoms with E-state index < -0.39 is 11.9 Å². The molecule has 0 radical (unpaired) electrons. The zero-order chi connectivity index (χ0) is 18.1. The van der Waals surface area contributed by atoms with Crippen molar-refractivity contribution in [2.24, 2.45) is 0 Å². The van der Waals surface area contributed by atoms with E-state index in [0.717, 1.165) is 0 Å². The molecule has 3 aromatic rings. The molecule has 0 aliphatic rings. The van der Waals surface area contributed by atoms with Gasteiger partial charge in [0.05, 0.1) is 27.0 Å². The van der Waals surface area contributed by atoms with E-state index in [4.69, 9.17) is 28.3 Å². The summed E-state index contributed by atoms with van der Waals surface area (Å²) in [4.78, 5) is 22.3. The molecule has 0 amide bonds. The molecule has 0 saturated carbocycles. The molecule has 3 rings (SSSR count). The topological polar surface area (TPSA) is 92.4 Å². The van der Waals surface area contributed by atoms with Crippen LogP contribution in [0.3, 0.4) is 0 Å². The van der Waals surface area contributed by atoms with Gasteiger partial charge in [0.1, 0.15) is 0 Å². The molecule has 0 bridgehead atoms. The molecule has 126 valence electrons. The zero-order valence-corrected chi connectivity index (χ0v) is 14.0. The second-order valence-electron chi connectivity index (χ2n) is 5.11. The van der Waals surface area contributed by atoms with Crippen molar-refractivity contribution in [1.82, 2.24) is 9.78 Å². The van der Waals surface area contributed by atoms with Gasteiger partial charge in [-0.2, -0.15) is 5.10 Å². The Kier molecular flexibility index (Phi) is 4.48. The normalized spacial score (nSPS) is 10.6. The number of aromatic carboxylic acids is 2. The zero-order valence-electron chi connectivity index (χ0n) is 12.5. The summed E-state index contributed by atoms with van der Waals surface area (Å²) in [5.41, 5.74) is 1.59. The molecule has 8 heteroatoms. The molecule has 0 spiro atoms. The van der Waals surface area contributed by atoms with Crippen LogP contribution in [-0.4, -0.2) is 31.9 Å². The van der Waals surface area contributed by atoms with Crippen LogP contribution in [-0.2, 0) is 0 Å². The number of aromatic nitrogens is 2. The van der Waals surface area contributed by atoms with Crippen LogP contribution in [0.5, 0.6) is 0 Å². The molecule has 1 aromatic heterocycles. The van der Waals surface area contributed by atoms with Crippen molar-refractivity contribution in [3.8, 4) is 16.9 Å². The number of hydrogen-bond acceptors (Lipinski definition) is 3. The number of halogens is 2. The highest BCUT2D eigenvalue weighted by Crippen LogP contribution is 2.29. The van der Waals surface area contributed by atoms with Crippen LogP contribution in [0.25, 0.3) is 16.9 Å². The predicted molar refractivity (Wildman–Crippen MR) is 92.9 cm³/mol. The van der Waals surface area contributed by atoms with Gasteiger partial charge >= 0.3 is 11.9 Å². The summed E-state index contributed by atoms with van der Waals surface area (Å²) in [6.45, 7) is 0. The quantitative estimate of drug-likeness (QED) is 0.710. The van der Waals surface area contributed by atoms with Crippen LogP contribution in [0, 0.1) is 0 Å². The summed E-state index contributed by atoms with van der Waals surface area (Å²) in [7, 11) is 0. The first kappa shape index (κ1) is 17.0. The summed E-state index contributed by atoms with van der Waals surface area (Å²) < 4.78 is 1.42. The van der Waals surface area contributed by atoms with Crippen molar-refractivity contribution >= 4 is 35.1 Å². The fourth-order valence-electron chi connectivity index (χ4n) is 2.29. The molecule has 2 aromatic carbocycles. The van der Waals surface area contributed by atoms with Crippen LogP contribution < -0.4 is 0 Å². The van der Waals surface area contributed by atoms with Crippen LogP contribution >= 0.6 is 23.2 Å². The third-order valence-corrected chi connectivity index (χ3v) is 4.24. The van der Waals surface area contributed by atoms with E-state index in [1.165, 1.54) is 22.9 Å². The Balaban J connectivity index is 2.16. The van der Waals surface area contributed by atoms with E-state index in [0.29, 0.717) is 27.0 Å². The number of hydrogen-bond donors (Lipinski definition) is 2. The maximum absolute atomic E-state index is 11.3. The summed E-state index contributed by atoms with van der Waals surface area (Å²) >= 11 is 11.9. The summed E-state index contributed by atoms with van der Waals surface area (Å²) in [5, 5.41) is 23.0. The molecule has 6 nitrogen and oxygen atoms in total. The second-order valence-corrected chi connectivity index (χ2v) is 5.93. The van der Waals surface area contributed by atoms with Gasteiger partial charge in [0.25, 0.3) is 0 Å². The minimum Gasteiger partial charge on any atom is -0.478 e. The molecular weight excluding hydrogens is 367 g/mol. The van der Waals surface area contributed by atoms with Crippen molar-refractivity contribution in [3.05, 3.63) is 69.8 Å². The van der Waals surface area contributed by atoms with Crippen molar-refractivity contribution in [2.75, 3.05) is 0 Å². The van der Waals surface area contributed by atoms with E-state index in [2.05, 4.69) is 5.10 Å². The molecule has 25 heavy (non-hydrogen) atoms. The number of carboxylic acid groups (broad SMARTS) is 2. The average molecular weight is 377 g/mol. The lowest BCUT2D eigenvalue weighted by atomic mass is 10.1. The SMILES string of the molecule is O=C(O)c1ccc(-c2cc(C(=O)O)nn2-c2ccc(Cl)c(Cl)c2)cc1. The smallest absolute Gasteiger partial charge is 0.356 e. The molecule has 2 N–H and O–H groups in total. The third kappa shape index (κ3) is 3.35. The predicted octanol–water partition coefficient (Wildman–Crippen LogP) is 4.24. The Bertz CT molecular complexity index is 981. The van der Waals surface area contributed by atoms with Crippen molar-refractivity contribution in [3.63, 3.8) is 0 Å². The van der Waals surface area contributed by atoms with Crippen LogP contribution in [0.4, 0.5) is 0 Å². The maximum Gasteiger partial charge on any atom is 0.356 e. The number of nitrogens with zero attached hydrogens (tertiary/aromatic N) is 2. The number of rotatable bonds is 4. The fourth-order valence-corrected chi connectivity index (χ4v) is 2.58. The highest BCUT2D eigenvalue weighted by atomic mass is 35.5. The minimum atomic E-state index is -1.18. The van der Waals surface area contributed by atoms with Crippen molar-refractivity contribution in [2.45, 2.75) is 0 Å². The first-order valence-electron chi connectivity index (χ1n) is 6.99. The lowest BCUT2D eigenvalue weighted by Crippen LogP contribution is -2.02. The molecular formula is C17H10Cl2N2O4. The van der Waals surface area contributed by atoms with Gasteiger partial charge in [-0.25, -0.2) is 14.3 Å². The molecule has 0 saturated heterocycles. The van der Waals surface area contributed by atoms with Crippen molar-refractivity contribution in [1.29, 1.82) is 0 Å². The van der Waals surface area contributed by atoms with E-state index in [1.54, 1.807) is 30.3 Å². The first-order valence-corrected chi connectivity index (χ1v) is 7.75. The molecule has 0 aliphatic heterocycles. The van der Waals surface area contributed by atoms with Gasteiger partial charge in [0.15, 0.2) is 5.69 Å². The standard InChI is InChI=1S/C17H10Cl2N2O4/c18-12-6-5-11(7-13(12)19)21-15(8-14(20-21)17(24)25)9-1-3-10(4-2-9)16(22)23/h1-8H,(H,22,23)(H,24,25). The molecule has 1 heterocycles. The molecule has 0 aliphatic carbocycles. The number of carbonyl (C=O) groups is 2. The number of benzene rings is 2. The molecule has 0 fully saturated rings. The Morgan fingerprint density at radius 3 is 2.12 bits per heavy atom. The Morgan fingerprint density at radius 2 is 1.56 bits per heavy atom. The second kappa shape index (κ2) is 6.58. The van der Waals surface area contributed by atoms with Gasteiger partial charge in [-0.15, -0.1) is 0 Å². The van der Waals surface area contributed by atoms with Crippen LogP contribution in [0.15, 0.2) is 48.5 Å². The fraction of sp³-hybridized carbons (Fsp3) is 0.